The van der Waals surface area contributed by atoms with E-state index in [1.807, 2.05) is 24.3 Å². The van der Waals surface area contributed by atoms with Gasteiger partial charge in [0.2, 0.25) is 0 Å². The van der Waals surface area contributed by atoms with Crippen LogP contribution in [-0.2, 0) is 11.3 Å². The number of carbonyl (C=O) groups is 1. The molecule has 3 rings (SSSR count). The molecule has 0 atom stereocenters. The summed E-state index contributed by atoms with van der Waals surface area (Å²) in [4.78, 5) is 13.7. The molecule has 0 aliphatic carbocycles. The van der Waals surface area contributed by atoms with Crippen molar-refractivity contribution in [3.05, 3.63) is 54.1 Å². The molecule has 0 saturated heterocycles. The van der Waals surface area contributed by atoms with Gasteiger partial charge in [0.05, 0.1) is 12.2 Å². The zero-order valence-electron chi connectivity index (χ0n) is 10.2. The number of aromatic hydroxyl groups is 1. The van der Waals surface area contributed by atoms with Gasteiger partial charge in [0.15, 0.2) is 6.61 Å². The first-order valence-electron chi connectivity index (χ1n) is 6.04. The Labute approximate surface area is 110 Å². The largest absolute Gasteiger partial charge is 0.508 e. The lowest BCUT2D eigenvalue weighted by Gasteiger charge is -2.29. The summed E-state index contributed by atoms with van der Waals surface area (Å²) < 4.78 is 5.39. The van der Waals surface area contributed by atoms with Crippen LogP contribution < -0.4 is 9.64 Å². The van der Waals surface area contributed by atoms with Crippen LogP contribution in [0.25, 0.3) is 0 Å². The predicted octanol–water partition coefficient (Wildman–Crippen LogP) is 2.32. The molecule has 19 heavy (non-hydrogen) atoms. The standard InChI is InChI=1S/C15H13NO3/c17-12-7-5-11(6-8-12)9-16-13-3-1-2-4-14(13)19-10-15(16)18/h1-8,17H,9-10H2. The van der Waals surface area contributed by atoms with E-state index in [2.05, 4.69) is 0 Å². The Hall–Kier alpha value is -2.49. The number of ether oxygens (including phenoxy) is 1. The maximum absolute atomic E-state index is 12.0. The summed E-state index contributed by atoms with van der Waals surface area (Å²) in [5.41, 5.74) is 1.75. The van der Waals surface area contributed by atoms with E-state index in [4.69, 9.17) is 4.74 Å². The molecule has 0 bridgehead atoms. The van der Waals surface area contributed by atoms with Crippen LogP contribution in [0.3, 0.4) is 0 Å². The summed E-state index contributed by atoms with van der Waals surface area (Å²) in [7, 11) is 0. The molecule has 2 aromatic rings. The number of phenols is 1. The number of phenolic OH excluding ortho intramolecular Hbond substituents is 1. The first-order valence-corrected chi connectivity index (χ1v) is 6.04. The number of hydrogen-bond donors (Lipinski definition) is 1. The van der Waals surface area contributed by atoms with Crippen molar-refractivity contribution in [2.24, 2.45) is 0 Å². The highest BCUT2D eigenvalue weighted by Gasteiger charge is 2.24. The summed E-state index contributed by atoms with van der Waals surface area (Å²) >= 11 is 0. The van der Waals surface area contributed by atoms with E-state index in [9.17, 15) is 9.90 Å². The van der Waals surface area contributed by atoms with Crippen molar-refractivity contribution < 1.29 is 14.6 Å². The summed E-state index contributed by atoms with van der Waals surface area (Å²) in [6, 6.07) is 14.3. The van der Waals surface area contributed by atoms with Crippen LogP contribution in [0.1, 0.15) is 5.56 Å². The average Bonchev–Trinajstić information content (AvgIpc) is 2.44. The van der Waals surface area contributed by atoms with Crippen molar-refractivity contribution in [3.8, 4) is 11.5 Å². The van der Waals surface area contributed by atoms with E-state index < -0.39 is 0 Å². The van der Waals surface area contributed by atoms with Gasteiger partial charge in [-0.05, 0) is 29.8 Å². The molecule has 0 radical (unpaired) electrons. The maximum Gasteiger partial charge on any atom is 0.265 e. The fourth-order valence-electron chi connectivity index (χ4n) is 2.11. The molecule has 1 aliphatic rings. The van der Waals surface area contributed by atoms with Crippen molar-refractivity contribution in [1.82, 2.24) is 0 Å². The summed E-state index contributed by atoms with van der Waals surface area (Å²) in [5.74, 6) is 0.880. The van der Waals surface area contributed by atoms with Crippen LogP contribution in [0.4, 0.5) is 5.69 Å². The van der Waals surface area contributed by atoms with Gasteiger partial charge in [-0.25, -0.2) is 0 Å². The molecule has 4 heteroatoms. The average molecular weight is 255 g/mol. The zero-order valence-corrected chi connectivity index (χ0v) is 10.2. The minimum atomic E-state index is -0.0632. The topological polar surface area (TPSA) is 49.8 Å². The van der Waals surface area contributed by atoms with Crippen LogP contribution >= 0.6 is 0 Å². The van der Waals surface area contributed by atoms with Gasteiger partial charge < -0.3 is 14.7 Å². The highest BCUT2D eigenvalue weighted by Crippen LogP contribution is 2.32. The van der Waals surface area contributed by atoms with Crippen molar-refractivity contribution in [3.63, 3.8) is 0 Å². The van der Waals surface area contributed by atoms with Gasteiger partial charge in [-0.15, -0.1) is 0 Å². The monoisotopic (exact) mass is 255 g/mol. The van der Waals surface area contributed by atoms with Gasteiger partial charge in [0.1, 0.15) is 11.5 Å². The maximum atomic E-state index is 12.0. The minimum Gasteiger partial charge on any atom is -0.508 e. The molecule has 2 aromatic carbocycles. The number of rotatable bonds is 2. The zero-order chi connectivity index (χ0) is 13.2. The lowest BCUT2D eigenvalue weighted by atomic mass is 10.1. The van der Waals surface area contributed by atoms with Gasteiger partial charge in [-0.2, -0.15) is 0 Å². The molecule has 1 aliphatic heterocycles. The molecule has 0 fully saturated rings. The second-order valence-electron chi connectivity index (χ2n) is 4.40. The number of benzene rings is 2. The number of hydrogen-bond acceptors (Lipinski definition) is 3. The third-order valence-electron chi connectivity index (χ3n) is 3.09. The van der Waals surface area contributed by atoms with Gasteiger partial charge >= 0.3 is 0 Å². The molecule has 4 nitrogen and oxygen atoms in total. The van der Waals surface area contributed by atoms with Gasteiger partial charge in [0.25, 0.3) is 5.91 Å². The number of nitrogens with zero attached hydrogens (tertiary/aromatic N) is 1. The lowest BCUT2D eigenvalue weighted by molar-refractivity contribution is -0.121. The summed E-state index contributed by atoms with van der Waals surface area (Å²) in [6.07, 6.45) is 0. The van der Waals surface area contributed by atoms with Crippen molar-refractivity contribution >= 4 is 11.6 Å². The van der Waals surface area contributed by atoms with Crippen LogP contribution in [0, 0.1) is 0 Å². The minimum absolute atomic E-state index is 0.0632. The highest BCUT2D eigenvalue weighted by molar-refractivity contribution is 5.97. The molecular formula is C15H13NO3. The van der Waals surface area contributed by atoms with E-state index in [1.165, 1.54) is 0 Å². The fraction of sp³-hybridized carbons (Fsp3) is 0.133. The number of amides is 1. The molecule has 0 aromatic heterocycles. The van der Waals surface area contributed by atoms with E-state index in [1.54, 1.807) is 29.2 Å². The molecular weight excluding hydrogens is 242 g/mol. The molecule has 1 heterocycles. The van der Waals surface area contributed by atoms with E-state index in [-0.39, 0.29) is 18.3 Å². The highest BCUT2D eigenvalue weighted by atomic mass is 16.5. The van der Waals surface area contributed by atoms with E-state index in [0.717, 1.165) is 17.0 Å². The first-order chi connectivity index (χ1) is 9.24. The fourth-order valence-corrected chi connectivity index (χ4v) is 2.11. The van der Waals surface area contributed by atoms with Crippen LogP contribution in [0.15, 0.2) is 48.5 Å². The predicted molar refractivity (Wildman–Crippen MR) is 71.2 cm³/mol. The third kappa shape index (κ3) is 2.25. The Morgan fingerprint density at radius 3 is 2.63 bits per heavy atom. The van der Waals surface area contributed by atoms with Crippen LogP contribution in [-0.4, -0.2) is 17.6 Å². The van der Waals surface area contributed by atoms with Crippen molar-refractivity contribution in [2.45, 2.75) is 6.54 Å². The molecule has 96 valence electrons. The molecule has 0 spiro atoms. The van der Waals surface area contributed by atoms with E-state index in [0.29, 0.717) is 6.54 Å². The second-order valence-corrected chi connectivity index (χ2v) is 4.40. The Kier molecular flexibility index (Phi) is 2.83. The Morgan fingerprint density at radius 1 is 1.11 bits per heavy atom. The Balaban J connectivity index is 1.91. The SMILES string of the molecule is O=C1COc2ccccc2N1Cc1ccc(O)cc1. The van der Waals surface area contributed by atoms with Gasteiger partial charge in [-0.3, -0.25) is 4.79 Å². The van der Waals surface area contributed by atoms with Crippen molar-refractivity contribution in [2.75, 3.05) is 11.5 Å². The quantitative estimate of drug-likeness (QED) is 0.896. The number of fused-ring (bicyclic) bond motifs is 1. The summed E-state index contributed by atoms with van der Waals surface area (Å²) in [6.45, 7) is 0.536. The van der Waals surface area contributed by atoms with Crippen LogP contribution in [0.2, 0.25) is 0 Å². The summed E-state index contributed by atoms with van der Waals surface area (Å²) in [5, 5.41) is 9.27. The number of carbonyl (C=O) groups excluding carboxylic acids is 1. The Morgan fingerprint density at radius 2 is 1.84 bits per heavy atom. The molecule has 0 unspecified atom stereocenters. The normalized spacial score (nSPS) is 13.9. The van der Waals surface area contributed by atoms with E-state index >= 15 is 0 Å². The van der Waals surface area contributed by atoms with Gasteiger partial charge in [-0.1, -0.05) is 24.3 Å². The number of para-hydroxylation sites is 2. The second kappa shape index (κ2) is 4.65. The molecule has 1 amide bonds. The molecule has 0 saturated carbocycles. The molecule has 1 N–H and O–H groups in total. The first kappa shape index (κ1) is 11.6. The van der Waals surface area contributed by atoms with Crippen molar-refractivity contribution in [1.29, 1.82) is 0 Å². The van der Waals surface area contributed by atoms with Gasteiger partial charge in [0, 0.05) is 0 Å². The lowest BCUT2D eigenvalue weighted by Crippen LogP contribution is -2.38. The Bertz CT molecular complexity index is 607. The third-order valence-corrected chi connectivity index (χ3v) is 3.09. The number of anilines is 1. The smallest absolute Gasteiger partial charge is 0.265 e. The van der Waals surface area contributed by atoms with Crippen LogP contribution in [0.5, 0.6) is 11.5 Å².